The molecule has 2 N–H and O–H groups in total. The molecule has 3 nitrogen and oxygen atoms in total. The molecule has 2 aliphatic rings. The van der Waals surface area contributed by atoms with Gasteiger partial charge in [0.05, 0.1) is 12.7 Å². The second-order valence-electron chi connectivity index (χ2n) is 6.48. The van der Waals surface area contributed by atoms with E-state index in [-0.39, 0.29) is 12.7 Å². The maximum absolute atomic E-state index is 10.3. The Morgan fingerprint density at radius 3 is 2.16 bits per heavy atom. The van der Waals surface area contributed by atoms with Crippen molar-refractivity contribution in [2.45, 2.75) is 76.4 Å². The van der Waals surface area contributed by atoms with Crippen LogP contribution in [0.5, 0.6) is 0 Å². The van der Waals surface area contributed by atoms with Crippen LogP contribution in [0.3, 0.4) is 0 Å². The van der Waals surface area contributed by atoms with Gasteiger partial charge in [0.25, 0.3) is 0 Å². The van der Waals surface area contributed by atoms with Gasteiger partial charge in [0.2, 0.25) is 0 Å². The van der Waals surface area contributed by atoms with Gasteiger partial charge in [-0.1, -0.05) is 38.5 Å². The summed E-state index contributed by atoms with van der Waals surface area (Å²) in [6, 6.07) is 0.649. The highest BCUT2D eigenvalue weighted by molar-refractivity contribution is 4.81. The summed E-state index contributed by atoms with van der Waals surface area (Å²) in [5.41, 5.74) is 0. The molecule has 0 aromatic rings. The zero-order valence-corrected chi connectivity index (χ0v) is 12.3. The maximum Gasteiger partial charge on any atom is 0.0580 e. The molecule has 2 fully saturated rings. The molecule has 0 radical (unpaired) electrons. The summed E-state index contributed by atoms with van der Waals surface area (Å²) in [4.78, 5) is 2.47. The zero-order valence-electron chi connectivity index (χ0n) is 12.3. The average Bonchev–Trinajstić information content (AvgIpc) is 2.64. The van der Waals surface area contributed by atoms with Crippen LogP contribution in [0.15, 0.2) is 0 Å². The largest absolute Gasteiger partial charge is 0.395 e. The standard InChI is InChI=1S/C16H31NO2/c18-12-11-17(15-8-4-2-5-9-15)13-14-7-3-1-6-10-16(14)19/h14-16,18-19H,1-13H2. The van der Waals surface area contributed by atoms with Crippen LogP contribution in [0.1, 0.15) is 64.2 Å². The van der Waals surface area contributed by atoms with Crippen molar-refractivity contribution in [3.05, 3.63) is 0 Å². The van der Waals surface area contributed by atoms with Crippen LogP contribution in [0, 0.1) is 5.92 Å². The molecule has 2 saturated carbocycles. The van der Waals surface area contributed by atoms with E-state index in [1.807, 2.05) is 0 Å². The van der Waals surface area contributed by atoms with Crippen molar-refractivity contribution in [1.29, 1.82) is 0 Å². The third-order valence-electron chi connectivity index (χ3n) is 5.07. The summed E-state index contributed by atoms with van der Waals surface area (Å²) < 4.78 is 0. The minimum atomic E-state index is -0.118. The number of aliphatic hydroxyl groups is 2. The summed E-state index contributed by atoms with van der Waals surface area (Å²) in [5, 5.41) is 19.6. The van der Waals surface area contributed by atoms with Crippen LogP contribution >= 0.6 is 0 Å². The van der Waals surface area contributed by atoms with Crippen molar-refractivity contribution >= 4 is 0 Å². The van der Waals surface area contributed by atoms with E-state index >= 15 is 0 Å². The van der Waals surface area contributed by atoms with Gasteiger partial charge in [-0.2, -0.15) is 0 Å². The Kier molecular flexibility index (Phi) is 6.62. The molecule has 2 atom stereocenters. The average molecular weight is 269 g/mol. The van der Waals surface area contributed by atoms with E-state index in [0.717, 1.165) is 25.9 Å². The molecule has 0 aromatic heterocycles. The maximum atomic E-state index is 10.3. The van der Waals surface area contributed by atoms with Crippen LogP contribution in [0.2, 0.25) is 0 Å². The van der Waals surface area contributed by atoms with Gasteiger partial charge in [0, 0.05) is 19.1 Å². The van der Waals surface area contributed by atoms with E-state index in [2.05, 4.69) is 4.90 Å². The lowest BCUT2D eigenvalue weighted by Crippen LogP contribution is -2.43. The number of rotatable bonds is 5. The molecule has 2 unspecified atom stereocenters. The first-order valence-electron chi connectivity index (χ1n) is 8.34. The van der Waals surface area contributed by atoms with Crippen molar-refractivity contribution in [2.24, 2.45) is 5.92 Å². The third-order valence-corrected chi connectivity index (χ3v) is 5.07. The molecule has 0 saturated heterocycles. The van der Waals surface area contributed by atoms with E-state index in [4.69, 9.17) is 0 Å². The molecule has 0 heterocycles. The summed E-state index contributed by atoms with van der Waals surface area (Å²) in [5.74, 6) is 0.427. The monoisotopic (exact) mass is 269 g/mol. The van der Waals surface area contributed by atoms with Crippen LogP contribution in [-0.2, 0) is 0 Å². The fourth-order valence-electron chi connectivity index (χ4n) is 3.88. The quantitative estimate of drug-likeness (QED) is 0.754. The topological polar surface area (TPSA) is 43.7 Å². The number of hydrogen-bond donors (Lipinski definition) is 2. The molecule has 0 aliphatic heterocycles. The molecule has 2 aliphatic carbocycles. The third kappa shape index (κ3) is 4.73. The second-order valence-corrected chi connectivity index (χ2v) is 6.48. The Morgan fingerprint density at radius 2 is 1.47 bits per heavy atom. The highest BCUT2D eigenvalue weighted by atomic mass is 16.3. The predicted octanol–water partition coefficient (Wildman–Crippen LogP) is 2.55. The van der Waals surface area contributed by atoms with Gasteiger partial charge in [0.1, 0.15) is 0 Å². The fraction of sp³-hybridized carbons (Fsp3) is 1.00. The van der Waals surface area contributed by atoms with Crippen LogP contribution < -0.4 is 0 Å². The minimum absolute atomic E-state index is 0.118. The van der Waals surface area contributed by atoms with E-state index in [1.165, 1.54) is 51.4 Å². The molecule has 0 spiro atoms. The smallest absolute Gasteiger partial charge is 0.0580 e. The number of nitrogens with zero attached hydrogens (tertiary/aromatic N) is 1. The van der Waals surface area contributed by atoms with E-state index in [9.17, 15) is 10.2 Å². The SMILES string of the molecule is OCCN(CC1CCCCCC1O)C1CCCCC1. The first-order valence-corrected chi connectivity index (χ1v) is 8.34. The molecule has 0 bridgehead atoms. The molecule has 2 rings (SSSR count). The summed E-state index contributed by atoms with van der Waals surface area (Å²) in [6.45, 7) is 2.03. The van der Waals surface area contributed by atoms with E-state index < -0.39 is 0 Å². The van der Waals surface area contributed by atoms with Gasteiger partial charge in [-0.05, 0) is 31.6 Å². The normalized spacial score (nSPS) is 30.5. The minimum Gasteiger partial charge on any atom is -0.395 e. The highest BCUT2D eigenvalue weighted by Gasteiger charge is 2.27. The van der Waals surface area contributed by atoms with Gasteiger partial charge in [0.15, 0.2) is 0 Å². The van der Waals surface area contributed by atoms with Crippen molar-refractivity contribution < 1.29 is 10.2 Å². The molecule has 19 heavy (non-hydrogen) atoms. The van der Waals surface area contributed by atoms with Crippen molar-refractivity contribution in [2.75, 3.05) is 19.7 Å². The molecular formula is C16H31NO2. The van der Waals surface area contributed by atoms with Gasteiger partial charge >= 0.3 is 0 Å². The van der Waals surface area contributed by atoms with Gasteiger partial charge in [-0.15, -0.1) is 0 Å². The lowest BCUT2D eigenvalue weighted by atomic mass is 9.91. The van der Waals surface area contributed by atoms with Gasteiger partial charge in [-0.25, -0.2) is 0 Å². The van der Waals surface area contributed by atoms with Gasteiger partial charge < -0.3 is 10.2 Å². The zero-order chi connectivity index (χ0) is 13.5. The molecule has 0 amide bonds. The van der Waals surface area contributed by atoms with Crippen molar-refractivity contribution in [1.82, 2.24) is 4.90 Å². The van der Waals surface area contributed by atoms with Crippen LogP contribution in [0.25, 0.3) is 0 Å². The first kappa shape index (κ1) is 15.3. The molecular weight excluding hydrogens is 238 g/mol. The Bertz CT molecular complexity index is 241. The summed E-state index contributed by atoms with van der Waals surface area (Å²) in [6.07, 6.45) is 12.3. The van der Waals surface area contributed by atoms with Crippen LogP contribution in [0.4, 0.5) is 0 Å². The Labute approximate surface area is 118 Å². The lowest BCUT2D eigenvalue weighted by Gasteiger charge is -2.37. The number of hydrogen-bond acceptors (Lipinski definition) is 3. The van der Waals surface area contributed by atoms with E-state index in [0.29, 0.717) is 12.0 Å². The summed E-state index contributed by atoms with van der Waals surface area (Å²) >= 11 is 0. The number of aliphatic hydroxyl groups excluding tert-OH is 2. The lowest BCUT2D eigenvalue weighted by molar-refractivity contribution is 0.0446. The van der Waals surface area contributed by atoms with Crippen molar-refractivity contribution in [3.63, 3.8) is 0 Å². The molecule has 3 heteroatoms. The van der Waals surface area contributed by atoms with Crippen molar-refractivity contribution in [3.8, 4) is 0 Å². The Hall–Kier alpha value is -0.120. The Morgan fingerprint density at radius 1 is 0.842 bits per heavy atom. The predicted molar refractivity (Wildman–Crippen MR) is 78.1 cm³/mol. The second kappa shape index (κ2) is 8.23. The fourth-order valence-corrected chi connectivity index (χ4v) is 3.88. The molecule has 112 valence electrons. The van der Waals surface area contributed by atoms with Gasteiger partial charge in [-0.3, -0.25) is 4.90 Å². The van der Waals surface area contributed by atoms with E-state index in [1.54, 1.807) is 0 Å². The van der Waals surface area contributed by atoms with Crippen LogP contribution in [-0.4, -0.2) is 47.0 Å². The first-order chi connectivity index (χ1) is 9.31. The highest BCUT2D eigenvalue weighted by Crippen LogP contribution is 2.28. The Balaban J connectivity index is 1.90. The molecule has 0 aromatic carbocycles. The summed E-state index contributed by atoms with van der Waals surface area (Å²) in [7, 11) is 0.